The fraction of sp³-hybridized carbons (Fsp3) is 0.560. The second-order valence-electron chi connectivity index (χ2n) is 9.35. The van der Waals surface area contributed by atoms with Crippen molar-refractivity contribution >= 4 is 28.9 Å². The zero-order valence-corrected chi connectivity index (χ0v) is 20.2. The van der Waals surface area contributed by atoms with E-state index in [1.165, 1.54) is 11.3 Å². The molecule has 2 amide bonds. The lowest BCUT2D eigenvalue weighted by atomic mass is 9.83. The van der Waals surface area contributed by atoms with Crippen LogP contribution < -0.4 is 5.32 Å². The molecule has 9 heteroatoms. The van der Waals surface area contributed by atoms with Crippen molar-refractivity contribution in [3.8, 4) is 10.4 Å². The first-order valence-electron chi connectivity index (χ1n) is 12.2. The van der Waals surface area contributed by atoms with Crippen molar-refractivity contribution in [1.29, 1.82) is 0 Å². The first-order chi connectivity index (χ1) is 16.5. The number of carbonyl (C=O) groups excluding carboxylic acids is 3. The molecule has 0 spiro atoms. The first-order valence-corrected chi connectivity index (χ1v) is 13.0. The molecule has 180 valence electrons. The number of pyridine rings is 1. The summed E-state index contributed by atoms with van der Waals surface area (Å²) in [6.45, 7) is 2.60. The number of amides is 2. The molecule has 1 saturated carbocycles. The number of Topliss-reactive ketones (excluding diaryl/α,β-unsaturated/α-hetero) is 1. The number of ketones is 1. The summed E-state index contributed by atoms with van der Waals surface area (Å²) in [6, 6.07) is 2.75. The van der Waals surface area contributed by atoms with Gasteiger partial charge in [-0.25, -0.2) is 4.98 Å². The molecule has 3 fully saturated rings. The Labute approximate surface area is 203 Å². The van der Waals surface area contributed by atoms with Crippen LogP contribution in [-0.2, 0) is 20.7 Å². The second-order valence-corrected chi connectivity index (χ2v) is 10.4. The summed E-state index contributed by atoms with van der Waals surface area (Å²) in [4.78, 5) is 50.5. The zero-order valence-electron chi connectivity index (χ0n) is 19.4. The Morgan fingerprint density at radius 2 is 2.06 bits per heavy atom. The molecule has 2 aromatic rings. The van der Waals surface area contributed by atoms with Gasteiger partial charge >= 0.3 is 0 Å². The molecular weight excluding hydrogens is 452 g/mol. The lowest BCUT2D eigenvalue weighted by Gasteiger charge is -2.34. The van der Waals surface area contributed by atoms with Gasteiger partial charge in [-0.1, -0.05) is 26.2 Å². The van der Waals surface area contributed by atoms with E-state index >= 15 is 0 Å². The van der Waals surface area contributed by atoms with Crippen molar-refractivity contribution < 1.29 is 19.1 Å². The lowest BCUT2D eigenvalue weighted by Crippen LogP contribution is -2.55. The van der Waals surface area contributed by atoms with Crippen molar-refractivity contribution in [1.82, 2.24) is 20.2 Å². The molecule has 5 rings (SSSR count). The number of thiazole rings is 1. The Kier molecular flexibility index (Phi) is 6.74. The average molecular weight is 483 g/mol. The van der Waals surface area contributed by atoms with Crippen molar-refractivity contribution in [2.24, 2.45) is 5.92 Å². The van der Waals surface area contributed by atoms with Gasteiger partial charge in [0.25, 0.3) is 5.91 Å². The SMILES string of the molecule is CCc1cc(-c2cnc(C(=O)NC(C(=O)N3CC[C@H]4OCC(=O)[C@H]43)C3CCCCC3)s2)ccn1. The van der Waals surface area contributed by atoms with E-state index in [1.54, 1.807) is 17.3 Å². The van der Waals surface area contributed by atoms with Crippen LogP contribution in [0.25, 0.3) is 10.4 Å². The van der Waals surface area contributed by atoms with Crippen LogP contribution in [0.15, 0.2) is 24.5 Å². The smallest absolute Gasteiger partial charge is 0.280 e. The van der Waals surface area contributed by atoms with Gasteiger partial charge in [-0.2, -0.15) is 0 Å². The van der Waals surface area contributed by atoms with Gasteiger partial charge in [-0.3, -0.25) is 19.4 Å². The summed E-state index contributed by atoms with van der Waals surface area (Å²) < 4.78 is 5.56. The molecule has 3 atom stereocenters. The Balaban J connectivity index is 1.35. The van der Waals surface area contributed by atoms with Crippen LogP contribution in [0.5, 0.6) is 0 Å². The summed E-state index contributed by atoms with van der Waals surface area (Å²) in [5, 5.41) is 3.35. The highest BCUT2D eigenvalue weighted by molar-refractivity contribution is 7.17. The van der Waals surface area contributed by atoms with Crippen LogP contribution in [0.2, 0.25) is 0 Å². The normalized spacial score (nSPS) is 23.7. The maximum absolute atomic E-state index is 13.7. The van der Waals surface area contributed by atoms with E-state index in [-0.39, 0.29) is 36.2 Å². The molecule has 8 nitrogen and oxygen atoms in total. The highest BCUT2D eigenvalue weighted by Crippen LogP contribution is 2.32. The molecule has 0 aromatic carbocycles. The van der Waals surface area contributed by atoms with Crippen molar-refractivity contribution in [2.45, 2.75) is 70.1 Å². The monoisotopic (exact) mass is 482 g/mol. The number of fused-ring (bicyclic) bond motifs is 1. The predicted octanol–water partition coefficient (Wildman–Crippen LogP) is 3.02. The van der Waals surface area contributed by atoms with Crippen LogP contribution in [0.1, 0.15) is 60.9 Å². The molecule has 2 saturated heterocycles. The van der Waals surface area contributed by atoms with Crippen LogP contribution in [0.4, 0.5) is 0 Å². The molecule has 4 heterocycles. The van der Waals surface area contributed by atoms with Crippen molar-refractivity contribution in [3.63, 3.8) is 0 Å². The predicted molar refractivity (Wildman–Crippen MR) is 127 cm³/mol. The molecule has 0 radical (unpaired) electrons. The lowest BCUT2D eigenvalue weighted by molar-refractivity contribution is -0.139. The molecule has 1 N–H and O–H groups in total. The van der Waals surface area contributed by atoms with Gasteiger partial charge in [0.2, 0.25) is 5.91 Å². The Morgan fingerprint density at radius 1 is 1.24 bits per heavy atom. The van der Waals surface area contributed by atoms with Crippen LogP contribution >= 0.6 is 11.3 Å². The number of nitrogens with one attached hydrogen (secondary N) is 1. The minimum atomic E-state index is -0.653. The maximum Gasteiger partial charge on any atom is 0.280 e. The van der Waals surface area contributed by atoms with E-state index in [0.717, 1.165) is 54.7 Å². The van der Waals surface area contributed by atoms with E-state index in [1.807, 2.05) is 19.1 Å². The molecule has 2 aromatic heterocycles. The van der Waals surface area contributed by atoms with Gasteiger partial charge in [-0.15, -0.1) is 11.3 Å². The van der Waals surface area contributed by atoms with Gasteiger partial charge in [0.1, 0.15) is 18.7 Å². The molecule has 0 bridgehead atoms. The van der Waals surface area contributed by atoms with Gasteiger partial charge in [0.15, 0.2) is 10.8 Å². The number of hydrogen-bond acceptors (Lipinski definition) is 7. The third-order valence-electron chi connectivity index (χ3n) is 7.23. The average Bonchev–Trinajstić information content (AvgIpc) is 3.61. The van der Waals surface area contributed by atoms with Gasteiger partial charge in [0, 0.05) is 24.6 Å². The third-order valence-corrected chi connectivity index (χ3v) is 8.28. The topological polar surface area (TPSA) is 101 Å². The van der Waals surface area contributed by atoms with E-state index in [4.69, 9.17) is 4.74 Å². The number of hydrogen-bond donors (Lipinski definition) is 1. The largest absolute Gasteiger partial charge is 0.368 e. The highest BCUT2D eigenvalue weighted by Gasteiger charge is 2.49. The second kappa shape index (κ2) is 9.92. The molecular formula is C25H30N4O4S. The minimum absolute atomic E-state index is 0.0436. The quantitative estimate of drug-likeness (QED) is 0.679. The highest BCUT2D eigenvalue weighted by atomic mass is 32.1. The van der Waals surface area contributed by atoms with Gasteiger partial charge in [-0.05, 0) is 49.3 Å². The summed E-state index contributed by atoms with van der Waals surface area (Å²) in [5.74, 6) is -0.480. The van der Waals surface area contributed by atoms with Crippen LogP contribution in [0, 0.1) is 5.92 Å². The fourth-order valence-electron chi connectivity index (χ4n) is 5.41. The number of nitrogens with zero attached hydrogens (tertiary/aromatic N) is 3. The van der Waals surface area contributed by atoms with Crippen molar-refractivity contribution in [2.75, 3.05) is 13.2 Å². The van der Waals surface area contributed by atoms with Crippen LogP contribution in [0.3, 0.4) is 0 Å². The number of aromatic nitrogens is 2. The van der Waals surface area contributed by atoms with Gasteiger partial charge < -0.3 is 15.0 Å². The molecule has 3 aliphatic rings. The minimum Gasteiger partial charge on any atom is -0.368 e. The molecule has 1 unspecified atom stereocenters. The molecule has 34 heavy (non-hydrogen) atoms. The van der Waals surface area contributed by atoms with Gasteiger partial charge in [0.05, 0.1) is 11.0 Å². The first kappa shape index (κ1) is 23.1. The Bertz CT molecular complexity index is 1080. The fourth-order valence-corrected chi connectivity index (χ4v) is 6.22. The summed E-state index contributed by atoms with van der Waals surface area (Å²) in [7, 11) is 0. The number of ether oxygens (including phenoxy) is 1. The Morgan fingerprint density at radius 3 is 2.85 bits per heavy atom. The van der Waals surface area contributed by atoms with E-state index in [9.17, 15) is 14.4 Å². The number of rotatable bonds is 6. The number of likely N-dealkylation sites (tertiary alicyclic amines) is 1. The van der Waals surface area contributed by atoms with E-state index in [2.05, 4.69) is 15.3 Å². The molecule has 1 aliphatic carbocycles. The van der Waals surface area contributed by atoms with E-state index in [0.29, 0.717) is 18.0 Å². The Hall–Kier alpha value is -2.65. The number of carbonyl (C=O) groups is 3. The number of aryl methyl sites for hydroxylation is 1. The standard InChI is InChI=1S/C25H30N4O4S/c1-2-17-12-16(8-10-26-17)20-13-27-24(34-20)23(31)28-21(15-6-4-3-5-7-15)25(32)29-11-9-19-22(29)18(30)14-33-19/h8,10,12-13,15,19,21-22H,2-7,9,11,14H2,1H3,(H,28,31)/t19-,21?,22-/m1/s1. The zero-order chi connectivity index (χ0) is 23.7. The molecule has 2 aliphatic heterocycles. The summed E-state index contributed by atoms with van der Waals surface area (Å²) in [6.07, 6.45) is 9.76. The summed E-state index contributed by atoms with van der Waals surface area (Å²) in [5.41, 5.74) is 1.96. The summed E-state index contributed by atoms with van der Waals surface area (Å²) >= 11 is 1.31. The van der Waals surface area contributed by atoms with Crippen LogP contribution in [-0.4, -0.2) is 63.8 Å². The van der Waals surface area contributed by atoms with Crippen molar-refractivity contribution in [3.05, 3.63) is 35.2 Å². The maximum atomic E-state index is 13.7. The van der Waals surface area contributed by atoms with E-state index < -0.39 is 12.1 Å². The third kappa shape index (κ3) is 4.51.